The average Bonchev–Trinajstić information content (AvgIpc) is 2.82. The molecule has 0 saturated heterocycles. The SMILES string of the molecule is Cc1ccc(CNS(=O)(=O)c2cccc(F)c2[N+](=O)[O-])o1. The summed E-state index contributed by atoms with van der Waals surface area (Å²) in [4.78, 5) is 9.03. The maximum Gasteiger partial charge on any atom is 0.324 e. The smallest absolute Gasteiger partial charge is 0.324 e. The number of hydrogen-bond donors (Lipinski definition) is 1. The van der Waals surface area contributed by atoms with E-state index in [9.17, 15) is 22.9 Å². The minimum atomic E-state index is -4.24. The molecule has 0 saturated carbocycles. The van der Waals surface area contributed by atoms with Crippen molar-refractivity contribution in [2.45, 2.75) is 18.4 Å². The highest BCUT2D eigenvalue weighted by molar-refractivity contribution is 7.89. The van der Waals surface area contributed by atoms with Crippen molar-refractivity contribution in [1.82, 2.24) is 4.72 Å². The number of halogens is 1. The van der Waals surface area contributed by atoms with Crippen molar-refractivity contribution < 1.29 is 22.1 Å². The van der Waals surface area contributed by atoms with E-state index >= 15 is 0 Å². The first-order chi connectivity index (χ1) is 9.81. The summed E-state index contributed by atoms with van der Waals surface area (Å²) < 4.78 is 44.9. The number of benzene rings is 1. The third-order valence-corrected chi connectivity index (χ3v) is 4.09. The number of nitrogens with zero attached hydrogens (tertiary/aromatic N) is 1. The van der Waals surface area contributed by atoms with Gasteiger partial charge in [-0.2, -0.15) is 4.39 Å². The number of para-hydroxylation sites is 1. The summed E-state index contributed by atoms with van der Waals surface area (Å²) >= 11 is 0. The molecule has 2 aromatic rings. The monoisotopic (exact) mass is 314 g/mol. The molecule has 0 spiro atoms. The molecule has 9 heteroatoms. The molecule has 1 aromatic carbocycles. The van der Waals surface area contributed by atoms with Crippen LogP contribution in [0, 0.1) is 22.9 Å². The lowest BCUT2D eigenvalue weighted by atomic mass is 10.3. The van der Waals surface area contributed by atoms with Gasteiger partial charge in [-0.1, -0.05) is 6.07 Å². The fraction of sp³-hybridized carbons (Fsp3) is 0.167. The van der Waals surface area contributed by atoms with Crippen LogP contribution in [0.15, 0.2) is 39.6 Å². The minimum Gasteiger partial charge on any atom is -0.465 e. The summed E-state index contributed by atoms with van der Waals surface area (Å²) in [5, 5.41) is 10.8. The van der Waals surface area contributed by atoms with Crippen LogP contribution in [0.5, 0.6) is 0 Å². The second kappa shape index (κ2) is 5.62. The number of nitrogens with one attached hydrogen (secondary N) is 1. The van der Waals surface area contributed by atoms with Crippen LogP contribution in [-0.4, -0.2) is 13.3 Å². The molecule has 0 aliphatic rings. The van der Waals surface area contributed by atoms with Gasteiger partial charge in [0, 0.05) is 0 Å². The molecule has 1 aromatic heterocycles. The Bertz CT molecular complexity index is 785. The van der Waals surface area contributed by atoms with Gasteiger partial charge in [0.25, 0.3) is 0 Å². The first-order valence-electron chi connectivity index (χ1n) is 5.79. The molecule has 0 unspecified atom stereocenters. The van der Waals surface area contributed by atoms with E-state index in [1.54, 1.807) is 19.1 Å². The lowest BCUT2D eigenvalue weighted by Gasteiger charge is -2.06. The Hall–Kier alpha value is -2.26. The minimum absolute atomic E-state index is 0.191. The highest BCUT2D eigenvalue weighted by atomic mass is 32.2. The van der Waals surface area contributed by atoms with E-state index < -0.39 is 31.3 Å². The van der Waals surface area contributed by atoms with Crippen LogP contribution in [0.3, 0.4) is 0 Å². The first kappa shape index (κ1) is 15.1. The summed E-state index contributed by atoms with van der Waals surface area (Å²) in [6.45, 7) is 1.50. The van der Waals surface area contributed by atoms with Crippen LogP contribution in [0.4, 0.5) is 10.1 Å². The maximum absolute atomic E-state index is 13.4. The Labute approximate surface area is 119 Å². The largest absolute Gasteiger partial charge is 0.465 e. The van der Waals surface area contributed by atoms with Crippen LogP contribution in [0.25, 0.3) is 0 Å². The van der Waals surface area contributed by atoms with Gasteiger partial charge >= 0.3 is 5.69 Å². The third-order valence-electron chi connectivity index (χ3n) is 2.65. The summed E-state index contributed by atoms with van der Waals surface area (Å²) in [5.74, 6) is -0.271. The highest BCUT2D eigenvalue weighted by Crippen LogP contribution is 2.26. The molecule has 1 heterocycles. The topological polar surface area (TPSA) is 102 Å². The van der Waals surface area contributed by atoms with Crippen LogP contribution in [0.2, 0.25) is 0 Å². The molecule has 7 nitrogen and oxygen atoms in total. The molecular weight excluding hydrogens is 303 g/mol. The number of hydrogen-bond acceptors (Lipinski definition) is 5. The van der Waals surface area contributed by atoms with Crippen molar-refractivity contribution in [1.29, 1.82) is 0 Å². The zero-order chi connectivity index (χ0) is 15.6. The van der Waals surface area contributed by atoms with Gasteiger partial charge in [0.1, 0.15) is 11.5 Å². The molecule has 0 bridgehead atoms. The van der Waals surface area contributed by atoms with Gasteiger partial charge in [0.15, 0.2) is 4.90 Å². The second-order valence-electron chi connectivity index (χ2n) is 4.18. The number of sulfonamides is 1. The fourth-order valence-corrected chi connectivity index (χ4v) is 2.89. The molecule has 0 aliphatic carbocycles. The van der Waals surface area contributed by atoms with Crippen LogP contribution in [-0.2, 0) is 16.6 Å². The Morgan fingerprint density at radius 2 is 2.05 bits per heavy atom. The summed E-state index contributed by atoms with van der Waals surface area (Å²) in [6.07, 6.45) is 0. The maximum atomic E-state index is 13.4. The van der Waals surface area contributed by atoms with Crippen LogP contribution < -0.4 is 4.72 Å². The van der Waals surface area contributed by atoms with Crippen molar-refractivity contribution in [2.24, 2.45) is 0 Å². The zero-order valence-corrected chi connectivity index (χ0v) is 11.7. The first-order valence-corrected chi connectivity index (χ1v) is 7.27. The number of furan rings is 1. The summed E-state index contributed by atoms with van der Waals surface area (Å²) in [6, 6.07) is 6.10. The number of rotatable bonds is 5. The molecule has 0 aliphatic heterocycles. The van der Waals surface area contributed by atoms with Gasteiger partial charge in [-0.05, 0) is 31.2 Å². The summed E-state index contributed by atoms with van der Waals surface area (Å²) in [7, 11) is -4.24. The number of aryl methyl sites for hydroxylation is 1. The van der Waals surface area contributed by atoms with E-state index in [-0.39, 0.29) is 6.54 Å². The van der Waals surface area contributed by atoms with Gasteiger partial charge in [-0.25, -0.2) is 13.1 Å². The number of nitro benzene ring substituents is 1. The lowest BCUT2D eigenvalue weighted by molar-refractivity contribution is -0.390. The molecular formula is C12H11FN2O5S. The Kier molecular flexibility index (Phi) is 4.05. The Balaban J connectivity index is 2.32. The van der Waals surface area contributed by atoms with E-state index in [2.05, 4.69) is 4.72 Å². The molecule has 0 atom stereocenters. The lowest BCUT2D eigenvalue weighted by Crippen LogP contribution is -2.24. The molecule has 0 radical (unpaired) electrons. The van der Waals surface area contributed by atoms with Crippen molar-refractivity contribution in [3.8, 4) is 0 Å². The summed E-state index contributed by atoms with van der Waals surface area (Å²) in [5.41, 5.74) is -1.08. The van der Waals surface area contributed by atoms with E-state index in [4.69, 9.17) is 4.42 Å². The molecule has 21 heavy (non-hydrogen) atoms. The van der Waals surface area contributed by atoms with E-state index in [1.165, 1.54) is 0 Å². The molecule has 112 valence electrons. The molecule has 2 rings (SSSR count). The van der Waals surface area contributed by atoms with E-state index in [0.717, 1.165) is 18.2 Å². The quantitative estimate of drug-likeness (QED) is 0.672. The van der Waals surface area contributed by atoms with Gasteiger partial charge < -0.3 is 4.42 Å². The van der Waals surface area contributed by atoms with Gasteiger partial charge in [0.2, 0.25) is 15.8 Å². The van der Waals surface area contributed by atoms with Crippen molar-refractivity contribution in [2.75, 3.05) is 0 Å². The van der Waals surface area contributed by atoms with Gasteiger partial charge in [0.05, 0.1) is 11.5 Å². The second-order valence-corrected chi connectivity index (χ2v) is 5.92. The zero-order valence-electron chi connectivity index (χ0n) is 10.9. The van der Waals surface area contributed by atoms with E-state index in [0.29, 0.717) is 11.5 Å². The van der Waals surface area contributed by atoms with Crippen LogP contribution in [0.1, 0.15) is 11.5 Å². The molecule has 0 fully saturated rings. The Morgan fingerprint density at radius 3 is 2.62 bits per heavy atom. The Morgan fingerprint density at radius 1 is 1.33 bits per heavy atom. The van der Waals surface area contributed by atoms with E-state index in [1.807, 2.05) is 0 Å². The fourth-order valence-electron chi connectivity index (χ4n) is 1.71. The predicted molar refractivity (Wildman–Crippen MR) is 70.5 cm³/mol. The predicted octanol–water partition coefficient (Wildman–Crippen LogP) is 2.11. The molecule has 1 N–H and O–H groups in total. The van der Waals surface area contributed by atoms with Crippen LogP contribution >= 0.6 is 0 Å². The van der Waals surface area contributed by atoms with Gasteiger partial charge in [-0.15, -0.1) is 0 Å². The van der Waals surface area contributed by atoms with Gasteiger partial charge in [-0.3, -0.25) is 10.1 Å². The number of nitro groups is 1. The van der Waals surface area contributed by atoms with Crippen molar-refractivity contribution >= 4 is 15.7 Å². The normalized spacial score (nSPS) is 11.5. The van der Waals surface area contributed by atoms with Crippen molar-refractivity contribution in [3.63, 3.8) is 0 Å². The standard InChI is InChI=1S/C12H11FN2O5S/c1-8-5-6-9(20-8)7-14-21(18,19)11-4-2-3-10(13)12(11)15(16)17/h2-6,14H,7H2,1H3. The molecule has 0 amide bonds. The third kappa shape index (κ3) is 3.26. The average molecular weight is 314 g/mol. The van der Waals surface area contributed by atoms with Crippen molar-refractivity contribution in [3.05, 3.63) is 57.8 Å². The highest BCUT2D eigenvalue weighted by Gasteiger charge is 2.29.